The lowest BCUT2D eigenvalue weighted by atomic mass is 9.97. The van der Waals surface area contributed by atoms with E-state index in [1.165, 1.54) is 0 Å². The van der Waals surface area contributed by atoms with Crippen LogP contribution in [-0.2, 0) is 23.1 Å². The average Bonchev–Trinajstić information content (AvgIpc) is 2.69. The molecule has 0 radical (unpaired) electrons. The molecule has 1 aromatic heterocycles. The summed E-state index contributed by atoms with van der Waals surface area (Å²) < 4.78 is 13.3. The van der Waals surface area contributed by atoms with Gasteiger partial charge in [-0.25, -0.2) is 0 Å². The molecule has 6 nitrogen and oxygen atoms in total. The second-order valence-electron chi connectivity index (χ2n) is 4.55. The smallest absolute Gasteiger partial charge is 0.158 e. The Morgan fingerprint density at radius 3 is 2.88 bits per heavy atom. The van der Waals surface area contributed by atoms with Crippen molar-refractivity contribution in [2.75, 3.05) is 19.8 Å². The zero-order valence-corrected chi connectivity index (χ0v) is 10.5. The van der Waals surface area contributed by atoms with Crippen LogP contribution in [0.3, 0.4) is 0 Å². The van der Waals surface area contributed by atoms with Crippen LogP contribution in [0.1, 0.15) is 24.5 Å². The van der Waals surface area contributed by atoms with Gasteiger partial charge in [0.1, 0.15) is 18.0 Å². The van der Waals surface area contributed by atoms with E-state index in [9.17, 15) is 0 Å². The highest BCUT2D eigenvalue weighted by Gasteiger charge is 2.33. The van der Waals surface area contributed by atoms with E-state index >= 15 is 0 Å². The van der Waals surface area contributed by atoms with Crippen LogP contribution in [0, 0.1) is 6.92 Å². The van der Waals surface area contributed by atoms with E-state index in [1.807, 2.05) is 18.5 Å². The van der Waals surface area contributed by atoms with Crippen LogP contribution in [0.2, 0.25) is 0 Å². The van der Waals surface area contributed by atoms with Gasteiger partial charge < -0.3 is 19.8 Å². The normalized spacial score (nSPS) is 25.1. The number of nitrogens with zero attached hydrogens (tertiary/aromatic N) is 3. The molecule has 0 aromatic carbocycles. The van der Waals surface area contributed by atoms with Gasteiger partial charge in [0.15, 0.2) is 5.82 Å². The maximum absolute atomic E-state index is 5.93. The fourth-order valence-corrected chi connectivity index (χ4v) is 1.95. The summed E-state index contributed by atoms with van der Waals surface area (Å²) in [6.07, 6.45) is 1.94. The Balaban J connectivity index is 1.98. The Morgan fingerprint density at radius 1 is 1.53 bits per heavy atom. The summed E-state index contributed by atoms with van der Waals surface area (Å²) in [6, 6.07) is 0. The van der Waals surface area contributed by atoms with Crippen molar-refractivity contribution in [3.8, 4) is 0 Å². The molecule has 1 aliphatic rings. The topological polar surface area (TPSA) is 75.2 Å². The van der Waals surface area contributed by atoms with E-state index in [0.717, 1.165) is 31.1 Å². The first-order chi connectivity index (χ1) is 8.17. The molecule has 2 N–H and O–H groups in total. The average molecular weight is 240 g/mol. The SMILES string of the molecule is Cc1nnc(COC2(CN)CCCOC2)n1C. The highest BCUT2D eigenvalue weighted by molar-refractivity contribution is 4.92. The lowest BCUT2D eigenvalue weighted by molar-refractivity contribution is -0.132. The van der Waals surface area contributed by atoms with E-state index < -0.39 is 0 Å². The number of hydrogen-bond donors (Lipinski definition) is 1. The molecule has 1 saturated heterocycles. The number of nitrogens with two attached hydrogens (primary N) is 1. The first-order valence-corrected chi connectivity index (χ1v) is 5.93. The van der Waals surface area contributed by atoms with E-state index in [2.05, 4.69) is 10.2 Å². The number of hydrogen-bond acceptors (Lipinski definition) is 5. The van der Waals surface area contributed by atoms with Crippen LogP contribution >= 0.6 is 0 Å². The van der Waals surface area contributed by atoms with Crippen molar-refractivity contribution in [1.82, 2.24) is 14.8 Å². The van der Waals surface area contributed by atoms with Crippen LogP contribution in [0.15, 0.2) is 0 Å². The number of aromatic nitrogens is 3. The van der Waals surface area contributed by atoms with Gasteiger partial charge in [-0.1, -0.05) is 0 Å². The van der Waals surface area contributed by atoms with E-state index in [-0.39, 0.29) is 5.60 Å². The first-order valence-electron chi connectivity index (χ1n) is 5.93. The standard InChI is InChI=1S/C11H20N4O2/c1-9-13-14-10(15(9)2)6-17-11(7-12)4-3-5-16-8-11/h3-8,12H2,1-2H3. The highest BCUT2D eigenvalue weighted by atomic mass is 16.5. The Labute approximate surface area is 101 Å². The molecule has 0 bridgehead atoms. The predicted molar refractivity (Wildman–Crippen MR) is 62.4 cm³/mol. The van der Waals surface area contributed by atoms with Gasteiger partial charge in [-0.15, -0.1) is 10.2 Å². The van der Waals surface area contributed by atoms with Gasteiger partial charge >= 0.3 is 0 Å². The molecule has 0 saturated carbocycles. The summed E-state index contributed by atoms with van der Waals surface area (Å²) in [5, 5.41) is 8.07. The Bertz CT molecular complexity index is 372. The molecule has 17 heavy (non-hydrogen) atoms. The summed E-state index contributed by atoms with van der Waals surface area (Å²) >= 11 is 0. The molecule has 0 aliphatic carbocycles. The third kappa shape index (κ3) is 2.65. The van der Waals surface area contributed by atoms with Crippen LogP contribution < -0.4 is 5.73 Å². The fourth-order valence-electron chi connectivity index (χ4n) is 1.95. The van der Waals surface area contributed by atoms with Gasteiger partial charge in [-0.2, -0.15) is 0 Å². The largest absolute Gasteiger partial charge is 0.378 e. The van der Waals surface area contributed by atoms with Gasteiger partial charge in [-0.05, 0) is 19.8 Å². The minimum absolute atomic E-state index is 0.349. The predicted octanol–water partition coefficient (Wildman–Crippen LogP) is 0.148. The van der Waals surface area contributed by atoms with Crippen molar-refractivity contribution in [1.29, 1.82) is 0 Å². The van der Waals surface area contributed by atoms with Crippen molar-refractivity contribution < 1.29 is 9.47 Å². The zero-order valence-electron chi connectivity index (χ0n) is 10.5. The van der Waals surface area contributed by atoms with Gasteiger partial charge in [-0.3, -0.25) is 0 Å². The summed E-state index contributed by atoms with van der Waals surface area (Å²) in [6.45, 7) is 4.19. The monoisotopic (exact) mass is 240 g/mol. The van der Waals surface area contributed by atoms with Crippen LogP contribution in [0.25, 0.3) is 0 Å². The van der Waals surface area contributed by atoms with Crippen molar-refractivity contribution in [3.63, 3.8) is 0 Å². The molecule has 0 amide bonds. The number of rotatable bonds is 4. The molecule has 1 aliphatic heterocycles. The third-order valence-electron chi connectivity index (χ3n) is 3.35. The van der Waals surface area contributed by atoms with Gasteiger partial charge in [0, 0.05) is 20.2 Å². The number of aryl methyl sites for hydroxylation is 1. The zero-order chi connectivity index (χ0) is 12.3. The Hall–Kier alpha value is -0.980. The molecule has 2 heterocycles. The van der Waals surface area contributed by atoms with Gasteiger partial charge in [0.05, 0.1) is 6.61 Å². The summed E-state index contributed by atoms with van der Waals surface area (Å²) in [5.74, 6) is 1.70. The lowest BCUT2D eigenvalue weighted by Crippen LogP contribution is -2.47. The number of ether oxygens (including phenoxy) is 2. The maximum atomic E-state index is 5.93. The summed E-state index contributed by atoms with van der Waals surface area (Å²) in [4.78, 5) is 0. The second kappa shape index (κ2) is 5.12. The molecule has 96 valence electrons. The molecule has 1 unspecified atom stereocenters. The minimum atomic E-state index is -0.349. The molecule has 1 fully saturated rings. The summed E-state index contributed by atoms with van der Waals surface area (Å²) in [5.41, 5.74) is 5.45. The van der Waals surface area contributed by atoms with Gasteiger partial charge in [0.25, 0.3) is 0 Å². The van der Waals surface area contributed by atoms with Crippen molar-refractivity contribution in [2.24, 2.45) is 12.8 Å². The molecule has 0 spiro atoms. The summed E-state index contributed by atoms with van der Waals surface area (Å²) in [7, 11) is 1.93. The molecule has 6 heteroatoms. The van der Waals surface area contributed by atoms with Crippen LogP contribution in [0.5, 0.6) is 0 Å². The minimum Gasteiger partial charge on any atom is -0.378 e. The second-order valence-corrected chi connectivity index (χ2v) is 4.55. The van der Waals surface area contributed by atoms with Crippen molar-refractivity contribution in [2.45, 2.75) is 32.0 Å². The lowest BCUT2D eigenvalue weighted by Gasteiger charge is -2.35. The fraction of sp³-hybridized carbons (Fsp3) is 0.818. The molecule has 1 atom stereocenters. The van der Waals surface area contributed by atoms with E-state index in [1.54, 1.807) is 0 Å². The third-order valence-corrected chi connectivity index (χ3v) is 3.35. The molecule has 2 rings (SSSR count). The highest BCUT2D eigenvalue weighted by Crippen LogP contribution is 2.23. The van der Waals surface area contributed by atoms with Crippen molar-refractivity contribution >= 4 is 0 Å². The maximum Gasteiger partial charge on any atom is 0.158 e. The van der Waals surface area contributed by atoms with E-state index in [4.69, 9.17) is 15.2 Å². The quantitative estimate of drug-likeness (QED) is 0.810. The van der Waals surface area contributed by atoms with Crippen LogP contribution in [0.4, 0.5) is 0 Å². The molecular formula is C11H20N4O2. The Morgan fingerprint density at radius 2 is 2.35 bits per heavy atom. The van der Waals surface area contributed by atoms with Gasteiger partial charge in [0.2, 0.25) is 0 Å². The first kappa shape index (κ1) is 12.5. The Kier molecular flexibility index (Phi) is 3.76. The van der Waals surface area contributed by atoms with Crippen LogP contribution in [-0.4, -0.2) is 40.1 Å². The van der Waals surface area contributed by atoms with Crippen molar-refractivity contribution in [3.05, 3.63) is 11.6 Å². The van der Waals surface area contributed by atoms with E-state index in [0.29, 0.717) is 19.8 Å². The molecule has 1 aromatic rings. The molecular weight excluding hydrogens is 220 g/mol.